The molecule has 1 aromatic heterocycles. The van der Waals surface area contributed by atoms with Gasteiger partial charge in [0.2, 0.25) is 0 Å². The minimum atomic E-state index is -1.71. The summed E-state index contributed by atoms with van der Waals surface area (Å²) in [5.74, 6) is -1.57. The van der Waals surface area contributed by atoms with Crippen LogP contribution in [0, 0.1) is 0 Å². The van der Waals surface area contributed by atoms with Crippen LogP contribution in [0.3, 0.4) is 0 Å². The molecule has 1 amide bonds. The third-order valence-corrected chi connectivity index (χ3v) is 2.81. The number of pyridine rings is 1. The maximum Gasteiger partial charge on any atom is 0.338 e. The van der Waals surface area contributed by atoms with E-state index in [-0.39, 0.29) is 5.56 Å². The van der Waals surface area contributed by atoms with Crippen molar-refractivity contribution in [1.82, 2.24) is 10.4 Å². The number of nitrogens with one attached hydrogen (secondary N) is 1. The van der Waals surface area contributed by atoms with Gasteiger partial charge in [-0.2, -0.15) is 5.10 Å². The van der Waals surface area contributed by atoms with Crippen LogP contribution < -0.4 is 5.43 Å². The molecule has 2 heterocycles. The molecule has 0 saturated carbocycles. The Bertz CT molecular complexity index is 549. The number of aliphatic hydroxyl groups excluding tert-OH is 3. The zero-order chi connectivity index (χ0) is 15.4. The van der Waals surface area contributed by atoms with Gasteiger partial charge < -0.3 is 20.1 Å². The van der Waals surface area contributed by atoms with Crippen molar-refractivity contribution in [3.63, 3.8) is 0 Å². The van der Waals surface area contributed by atoms with Gasteiger partial charge in [-0.1, -0.05) is 0 Å². The fourth-order valence-electron chi connectivity index (χ4n) is 1.68. The van der Waals surface area contributed by atoms with E-state index in [0.29, 0.717) is 0 Å². The number of hydrogen-bond donors (Lipinski definition) is 4. The van der Waals surface area contributed by atoms with Gasteiger partial charge in [0.25, 0.3) is 5.91 Å². The number of nitrogens with zero attached hydrogens (tertiary/aromatic N) is 2. The fraction of sp³-hybridized carbons (Fsp3) is 0.333. The number of ether oxygens (including phenoxy) is 1. The van der Waals surface area contributed by atoms with E-state index < -0.39 is 36.3 Å². The fourth-order valence-corrected chi connectivity index (χ4v) is 1.68. The molecule has 0 radical (unpaired) electrons. The van der Waals surface area contributed by atoms with Crippen molar-refractivity contribution >= 4 is 18.1 Å². The summed E-state index contributed by atoms with van der Waals surface area (Å²) in [4.78, 5) is 26.4. The SMILES string of the molecule is O=C(N/N=C\[C@H](O)[C@@H]1OC(=O)[C@H](O)[C@H]1O)c1cccnc1. The predicted octanol–water partition coefficient (Wildman–Crippen LogP) is -2.19. The normalized spacial score (nSPS) is 26.6. The van der Waals surface area contributed by atoms with Crippen molar-refractivity contribution in [2.75, 3.05) is 0 Å². The highest BCUT2D eigenvalue weighted by molar-refractivity contribution is 5.94. The van der Waals surface area contributed by atoms with Crippen LogP contribution >= 0.6 is 0 Å². The quantitative estimate of drug-likeness (QED) is 0.281. The third kappa shape index (κ3) is 3.40. The number of aliphatic hydroxyl groups is 3. The largest absolute Gasteiger partial charge is 0.454 e. The molecular weight excluding hydrogens is 282 g/mol. The monoisotopic (exact) mass is 295 g/mol. The van der Waals surface area contributed by atoms with Crippen LogP contribution in [0.4, 0.5) is 0 Å². The van der Waals surface area contributed by atoms with Gasteiger partial charge in [-0.15, -0.1) is 0 Å². The molecule has 21 heavy (non-hydrogen) atoms. The Labute approximate surface area is 118 Å². The van der Waals surface area contributed by atoms with Gasteiger partial charge in [-0.05, 0) is 12.1 Å². The molecule has 1 aromatic rings. The highest BCUT2D eigenvalue weighted by Gasteiger charge is 2.45. The van der Waals surface area contributed by atoms with Crippen molar-refractivity contribution in [3.8, 4) is 0 Å². The second-order valence-corrected chi connectivity index (χ2v) is 4.29. The van der Waals surface area contributed by atoms with Crippen LogP contribution in [0.5, 0.6) is 0 Å². The summed E-state index contributed by atoms with van der Waals surface area (Å²) in [5.41, 5.74) is 2.41. The maximum atomic E-state index is 11.6. The smallest absolute Gasteiger partial charge is 0.338 e. The molecule has 1 aliphatic rings. The van der Waals surface area contributed by atoms with Gasteiger partial charge in [0.05, 0.1) is 11.8 Å². The summed E-state index contributed by atoms with van der Waals surface area (Å²) < 4.78 is 4.59. The molecule has 9 heteroatoms. The molecular formula is C12H13N3O6. The van der Waals surface area contributed by atoms with E-state index in [2.05, 4.69) is 20.2 Å². The molecule has 1 saturated heterocycles. The standard InChI is InChI=1S/C12H13N3O6/c16-7(10-8(17)9(18)12(20)21-10)5-14-15-11(19)6-2-1-3-13-4-6/h1-5,7-10,16-18H,(H,15,19)/b14-5-/t7-,8+,9+,10-/m0/s1. The van der Waals surface area contributed by atoms with Gasteiger partial charge >= 0.3 is 5.97 Å². The van der Waals surface area contributed by atoms with Gasteiger partial charge in [-0.3, -0.25) is 9.78 Å². The van der Waals surface area contributed by atoms with Crippen LogP contribution in [0.2, 0.25) is 0 Å². The van der Waals surface area contributed by atoms with Crippen LogP contribution in [0.15, 0.2) is 29.6 Å². The van der Waals surface area contributed by atoms with Crippen molar-refractivity contribution in [2.24, 2.45) is 5.10 Å². The van der Waals surface area contributed by atoms with E-state index in [1.54, 1.807) is 6.07 Å². The van der Waals surface area contributed by atoms with Crippen molar-refractivity contribution in [3.05, 3.63) is 30.1 Å². The topological polar surface area (TPSA) is 141 Å². The van der Waals surface area contributed by atoms with Gasteiger partial charge in [0, 0.05) is 12.4 Å². The van der Waals surface area contributed by atoms with Crippen molar-refractivity contribution < 1.29 is 29.6 Å². The number of hydrazone groups is 1. The lowest BCUT2D eigenvalue weighted by Gasteiger charge is -2.16. The van der Waals surface area contributed by atoms with E-state index in [0.717, 1.165) is 6.21 Å². The highest BCUT2D eigenvalue weighted by Crippen LogP contribution is 2.18. The zero-order valence-corrected chi connectivity index (χ0v) is 10.7. The molecule has 1 fully saturated rings. The summed E-state index contributed by atoms with van der Waals surface area (Å²) in [7, 11) is 0. The van der Waals surface area contributed by atoms with E-state index in [4.69, 9.17) is 0 Å². The first-order valence-corrected chi connectivity index (χ1v) is 5.99. The number of cyclic esters (lactones) is 1. The Kier molecular flexibility index (Phi) is 4.58. The Hall–Kier alpha value is -2.36. The minimum Gasteiger partial charge on any atom is -0.454 e. The van der Waals surface area contributed by atoms with E-state index in [9.17, 15) is 24.9 Å². The molecule has 0 aromatic carbocycles. The summed E-state index contributed by atoms with van der Waals surface area (Å²) in [6, 6.07) is 3.09. The summed E-state index contributed by atoms with van der Waals surface area (Å²) >= 11 is 0. The Morgan fingerprint density at radius 2 is 2.29 bits per heavy atom. The van der Waals surface area contributed by atoms with Crippen LogP contribution in [0.1, 0.15) is 10.4 Å². The number of carbonyl (C=O) groups excluding carboxylic acids is 2. The number of esters is 1. The molecule has 0 bridgehead atoms. The number of amides is 1. The minimum absolute atomic E-state index is 0.270. The van der Waals surface area contributed by atoms with Crippen LogP contribution in [0.25, 0.3) is 0 Å². The lowest BCUT2D eigenvalue weighted by atomic mass is 10.1. The summed E-state index contributed by atoms with van der Waals surface area (Å²) in [6.07, 6.45) is -2.36. The molecule has 0 aliphatic carbocycles. The maximum absolute atomic E-state index is 11.6. The number of rotatable bonds is 4. The van der Waals surface area contributed by atoms with Gasteiger partial charge in [0.1, 0.15) is 12.2 Å². The number of carbonyl (C=O) groups is 2. The zero-order valence-electron chi connectivity index (χ0n) is 10.7. The van der Waals surface area contributed by atoms with Gasteiger partial charge in [-0.25, -0.2) is 10.2 Å². The lowest BCUT2D eigenvalue weighted by Crippen LogP contribution is -2.39. The van der Waals surface area contributed by atoms with Gasteiger partial charge in [0.15, 0.2) is 12.2 Å². The van der Waals surface area contributed by atoms with Crippen molar-refractivity contribution in [2.45, 2.75) is 24.4 Å². The second kappa shape index (κ2) is 6.39. The Morgan fingerprint density at radius 1 is 1.52 bits per heavy atom. The van der Waals surface area contributed by atoms with Crippen LogP contribution in [-0.2, 0) is 9.53 Å². The third-order valence-electron chi connectivity index (χ3n) is 2.81. The lowest BCUT2D eigenvalue weighted by molar-refractivity contribution is -0.149. The van der Waals surface area contributed by atoms with E-state index in [1.807, 2.05) is 0 Å². The molecule has 0 unspecified atom stereocenters. The van der Waals surface area contributed by atoms with E-state index >= 15 is 0 Å². The molecule has 2 rings (SSSR count). The highest BCUT2D eigenvalue weighted by atomic mass is 16.6. The molecule has 1 aliphatic heterocycles. The summed E-state index contributed by atoms with van der Waals surface area (Å²) in [5, 5.41) is 31.8. The average Bonchev–Trinajstić information content (AvgIpc) is 2.75. The molecule has 9 nitrogen and oxygen atoms in total. The number of hydrogen-bond acceptors (Lipinski definition) is 8. The molecule has 4 N–H and O–H groups in total. The predicted molar refractivity (Wildman–Crippen MR) is 68.1 cm³/mol. The summed E-state index contributed by atoms with van der Waals surface area (Å²) in [6.45, 7) is 0. The molecule has 112 valence electrons. The number of aromatic nitrogens is 1. The second-order valence-electron chi connectivity index (χ2n) is 4.29. The molecule has 0 spiro atoms. The Balaban J connectivity index is 1.90. The first kappa shape index (κ1) is 15.0. The first-order valence-electron chi connectivity index (χ1n) is 5.99. The average molecular weight is 295 g/mol. The van der Waals surface area contributed by atoms with E-state index in [1.165, 1.54) is 18.5 Å². The molecule has 4 atom stereocenters. The first-order chi connectivity index (χ1) is 10.0. The Morgan fingerprint density at radius 3 is 2.86 bits per heavy atom. The van der Waals surface area contributed by atoms with Crippen molar-refractivity contribution in [1.29, 1.82) is 0 Å². The van der Waals surface area contributed by atoms with Crippen LogP contribution in [-0.4, -0.2) is 62.8 Å².